The summed E-state index contributed by atoms with van der Waals surface area (Å²) in [4.78, 5) is 24.1. The summed E-state index contributed by atoms with van der Waals surface area (Å²) < 4.78 is 29.0. The number of amides is 1. The molecule has 0 spiro atoms. The van der Waals surface area contributed by atoms with Crippen LogP contribution in [0, 0.1) is 0 Å². The third-order valence-electron chi connectivity index (χ3n) is 3.60. The van der Waals surface area contributed by atoms with Gasteiger partial charge < -0.3 is 10.1 Å². The van der Waals surface area contributed by atoms with Crippen LogP contribution < -0.4 is 9.62 Å². The average molecular weight is 397 g/mol. The number of sulfonamides is 1. The monoisotopic (exact) mass is 396 g/mol. The first-order valence-electron chi connectivity index (χ1n) is 7.36. The van der Waals surface area contributed by atoms with E-state index >= 15 is 0 Å². The van der Waals surface area contributed by atoms with Crippen molar-refractivity contribution >= 4 is 44.9 Å². The van der Waals surface area contributed by atoms with Crippen molar-refractivity contribution in [1.82, 2.24) is 0 Å². The number of hydrogen-bond acceptors (Lipinski definition) is 5. The Morgan fingerprint density at radius 2 is 1.85 bits per heavy atom. The topological polar surface area (TPSA) is 92.8 Å². The molecule has 1 amide bonds. The third-order valence-corrected chi connectivity index (χ3v) is 5.13. The number of anilines is 2. The highest BCUT2D eigenvalue weighted by molar-refractivity contribution is 7.92. The maximum atomic E-state index is 12.4. The van der Waals surface area contributed by atoms with E-state index in [1.165, 1.54) is 32.4 Å². The van der Waals surface area contributed by atoms with Crippen LogP contribution in [-0.4, -0.2) is 40.7 Å². The zero-order valence-corrected chi connectivity index (χ0v) is 15.9. The van der Waals surface area contributed by atoms with Gasteiger partial charge in [-0.05, 0) is 36.4 Å². The molecule has 0 saturated carbocycles. The number of carbonyl (C=O) groups excluding carboxylic acids is 2. The van der Waals surface area contributed by atoms with Gasteiger partial charge in [-0.2, -0.15) is 0 Å². The second kappa shape index (κ2) is 7.76. The van der Waals surface area contributed by atoms with Crippen LogP contribution in [0.5, 0.6) is 0 Å². The number of carbonyl (C=O) groups is 2. The Morgan fingerprint density at radius 3 is 2.46 bits per heavy atom. The number of esters is 1. The molecule has 7 nitrogen and oxygen atoms in total. The highest BCUT2D eigenvalue weighted by Gasteiger charge is 2.16. The van der Waals surface area contributed by atoms with Gasteiger partial charge in [0.15, 0.2) is 0 Å². The summed E-state index contributed by atoms with van der Waals surface area (Å²) in [6, 6.07) is 10.6. The third kappa shape index (κ3) is 4.53. The first kappa shape index (κ1) is 19.7. The predicted octanol–water partition coefficient (Wildman–Crippen LogP) is 2.77. The number of methoxy groups -OCH3 is 1. The van der Waals surface area contributed by atoms with Crippen molar-refractivity contribution in [3.63, 3.8) is 0 Å². The Hall–Kier alpha value is -2.58. The SMILES string of the molecule is COC(=O)c1cc(NC(=O)c2cccc(N(C)S(C)(=O)=O)c2)ccc1Cl. The van der Waals surface area contributed by atoms with E-state index in [0.717, 1.165) is 10.6 Å². The van der Waals surface area contributed by atoms with E-state index in [1.807, 2.05) is 0 Å². The Labute approximate surface area is 156 Å². The number of ether oxygens (including phenoxy) is 1. The van der Waals surface area contributed by atoms with E-state index in [0.29, 0.717) is 11.4 Å². The van der Waals surface area contributed by atoms with Gasteiger partial charge in [-0.1, -0.05) is 17.7 Å². The highest BCUT2D eigenvalue weighted by atomic mass is 35.5. The minimum atomic E-state index is -3.44. The van der Waals surface area contributed by atoms with E-state index in [9.17, 15) is 18.0 Å². The lowest BCUT2D eigenvalue weighted by Crippen LogP contribution is -2.25. The van der Waals surface area contributed by atoms with Crippen molar-refractivity contribution in [2.75, 3.05) is 30.0 Å². The molecule has 2 aromatic carbocycles. The normalized spacial score (nSPS) is 10.9. The molecule has 0 unspecified atom stereocenters. The summed E-state index contributed by atoms with van der Waals surface area (Å²) in [6.07, 6.45) is 1.07. The smallest absolute Gasteiger partial charge is 0.339 e. The molecule has 0 aliphatic rings. The predicted molar refractivity (Wildman–Crippen MR) is 100 cm³/mol. The molecule has 0 radical (unpaired) electrons. The summed E-state index contributed by atoms with van der Waals surface area (Å²) in [5.74, 6) is -1.09. The van der Waals surface area contributed by atoms with E-state index < -0.39 is 21.9 Å². The Bertz CT molecular complexity index is 959. The Balaban J connectivity index is 2.27. The van der Waals surface area contributed by atoms with Gasteiger partial charge in [0.25, 0.3) is 5.91 Å². The Kier molecular flexibility index (Phi) is 5.89. The number of benzene rings is 2. The van der Waals surface area contributed by atoms with Gasteiger partial charge >= 0.3 is 5.97 Å². The first-order valence-corrected chi connectivity index (χ1v) is 9.59. The van der Waals surface area contributed by atoms with Crippen molar-refractivity contribution in [3.8, 4) is 0 Å². The van der Waals surface area contributed by atoms with Crippen molar-refractivity contribution in [2.45, 2.75) is 0 Å². The average Bonchev–Trinajstić information content (AvgIpc) is 2.61. The molecule has 2 rings (SSSR count). The molecule has 0 heterocycles. The maximum Gasteiger partial charge on any atom is 0.339 e. The number of rotatable bonds is 5. The molecule has 0 aromatic heterocycles. The fourth-order valence-electron chi connectivity index (χ4n) is 2.11. The first-order chi connectivity index (χ1) is 12.1. The lowest BCUT2D eigenvalue weighted by Gasteiger charge is -2.17. The highest BCUT2D eigenvalue weighted by Crippen LogP contribution is 2.23. The fraction of sp³-hybridized carbons (Fsp3) is 0.176. The van der Waals surface area contributed by atoms with Gasteiger partial charge in [0.1, 0.15) is 0 Å². The quantitative estimate of drug-likeness (QED) is 0.784. The molecule has 2 aromatic rings. The van der Waals surface area contributed by atoms with Crippen LogP contribution in [0.4, 0.5) is 11.4 Å². The molecular formula is C17H17ClN2O5S. The van der Waals surface area contributed by atoms with Crippen LogP contribution in [0.1, 0.15) is 20.7 Å². The molecule has 1 N–H and O–H groups in total. The van der Waals surface area contributed by atoms with E-state index in [1.54, 1.807) is 24.3 Å². The molecule has 0 atom stereocenters. The molecule has 0 bridgehead atoms. The summed E-state index contributed by atoms with van der Waals surface area (Å²) in [7, 11) is -0.818. The molecular weight excluding hydrogens is 380 g/mol. The summed E-state index contributed by atoms with van der Waals surface area (Å²) >= 11 is 5.95. The van der Waals surface area contributed by atoms with Gasteiger partial charge in [0, 0.05) is 18.3 Å². The fourth-order valence-corrected chi connectivity index (χ4v) is 2.80. The largest absolute Gasteiger partial charge is 0.465 e. The zero-order valence-electron chi connectivity index (χ0n) is 14.3. The Morgan fingerprint density at radius 1 is 1.15 bits per heavy atom. The van der Waals surface area contributed by atoms with E-state index in [-0.39, 0.29) is 16.1 Å². The van der Waals surface area contributed by atoms with Crippen molar-refractivity contribution in [1.29, 1.82) is 0 Å². The minimum absolute atomic E-state index is 0.123. The lowest BCUT2D eigenvalue weighted by molar-refractivity contribution is 0.0600. The van der Waals surface area contributed by atoms with Gasteiger partial charge in [0.2, 0.25) is 10.0 Å². The summed E-state index contributed by atoms with van der Waals surface area (Å²) in [5.41, 5.74) is 1.08. The number of halogens is 1. The van der Waals surface area contributed by atoms with Gasteiger partial charge in [-0.25, -0.2) is 13.2 Å². The molecule has 0 fully saturated rings. The second-order valence-corrected chi connectivity index (χ2v) is 7.84. The van der Waals surface area contributed by atoms with Gasteiger partial charge in [-0.3, -0.25) is 9.10 Å². The standard InChI is InChI=1S/C17H17ClN2O5S/c1-20(26(3,23)24)13-6-4-5-11(9-13)16(21)19-12-7-8-15(18)14(10-12)17(22)25-2/h4-10H,1-3H3,(H,19,21). The molecule has 138 valence electrons. The van der Waals surface area contributed by atoms with Crippen molar-refractivity contribution in [2.24, 2.45) is 0 Å². The number of hydrogen-bond donors (Lipinski definition) is 1. The van der Waals surface area contributed by atoms with Gasteiger partial charge in [0.05, 0.1) is 29.6 Å². The van der Waals surface area contributed by atoms with Crippen molar-refractivity contribution in [3.05, 3.63) is 58.6 Å². The molecule has 0 aliphatic heterocycles. The maximum absolute atomic E-state index is 12.4. The molecule has 26 heavy (non-hydrogen) atoms. The zero-order chi connectivity index (χ0) is 19.5. The molecule has 0 saturated heterocycles. The lowest BCUT2D eigenvalue weighted by atomic mass is 10.1. The second-order valence-electron chi connectivity index (χ2n) is 5.42. The van der Waals surface area contributed by atoms with Crippen LogP contribution in [0.3, 0.4) is 0 Å². The minimum Gasteiger partial charge on any atom is -0.465 e. The van der Waals surface area contributed by atoms with Crippen LogP contribution in [0.25, 0.3) is 0 Å². The van der Waals surface area contributed by atoms with Crippen LogP contribution in [0.15, 0.2) is 42.5 Å². The molecule has 0 aliphatic carbocycles. The van der Waals surface area contributed by atoms with Crippen LogP contribution >= 0.6 is 11.6 Å². The van der Waals surface area contributed by atoms with Crippen LogP contribution in [-0.2, 0) is 14.8 Å². The van der Waals surface area contributed by atoms with Gasteiger partial charge in [-0.15, -0.1) is 0 Å². The van der Waals surface area contributed by atoms with Crippen molar-refractivity contribution < 1.29 is 22.7 Å². The molecule has 9 heteroatoms. The number of nitrogens with zero attached hydrogens (tertiary/aromatic N) is 1. The van der Waals surface area contributed by atoms with E-state index in [4.69, 9.17) is 11.6 Å². The summed E-state index contributed by atoms with van der Waals surface area (Å²) in [5, 5.41) is 2.84. The summed E-state index contributed by atoms with van der Waals surface area (Å²) in [6.45, 7) is 0. The number of nitrogens with one attached hydrogen (secondary N) is 1. The van der Waals surface area contributed by atoms with Crippen LogP contribution in [0.2, 0.25) is 5.02 Å². The van der Waals surface area contributed by atoms with E-state index in [2.05, 4.69) is 10.1 Å².